The Hall–Kier alpha value is -1.97. The van der Waals surface area contributed by atoms with Crippen LogP contribution in [0.3, 0.4) is 0 Å². The predicted octanol–water partition coefficient (Wildman–Crippen LogP) is 4.50. The summed E-state index contributed by atoms with van der Waals surface area (Å²) in [5.74, 6) is 0. The monoisotopic (exact) mass is 280 g/mol. The van der Waals surface area contributed by atoms with Crippen LogP contribution >= 0.6 is 11.3 Å². The second-order valence-corrected chi connectivity index (χ2v) is 5.84. The van der Waals surface area contributed by atoms with Gasteiger partial charge in [-0.1, -0.05) is 48.5 Å². The fourth-order valence-corrected chi connectivity index (χ4v) is 3.01. The van der Waals surface area contributed by atoms with E-state index in [4.69, 9.17) is 5.73 Å². The van der Waals surface area contributed by atoms with E-state index in [1.54, 1.807) is 11.3 Å². The molecule has 2 aromatic carbocycles. The molecular weight excluding hydrogens is 264 g/mol. The van der Waals surface area contributed by atoms with Crippen LogP contribution in [0.2, 0.25) is 0 Å². The molecule has 0 amide bonds. The second-order valence-electron chi connectivity index (χ2n) is 4.81. The van der Waals surface area contributed by atoms with Crippen molar-refractivity contribution in [2.75, 3.05) is 0 Å². The molecule has 3 heteroatoms. The lowest BCUT2D eigenvalue weighted by molar-refractivity contribution is 0.819. The maximum absolute atomic E-state index is 5.94. The lowest BCUT2D eigenvalue weighted by atomic mass is 10.1. The number of hydrogen-bond donors (Lipinski definition) is 1. The molecule has 0 bridgehead atoms. The summed E-state index contributed by atoms with van der Waals surface area (Å²) in [7, 11) is 0. The molecule has 0 aliphatic carbocycles. The number of thiazole rings is 1. The average molecular weight is 280 g/mol. The van der Waals surface area contributed by atoms with Crippen molar-refractivity contribution in [1.29, 1.82) is 0 Å². The Bertz CT molecular complexity index is 702. The minimum absolute atomic E-state index is 0.0523. The van der Waals surface area contributed by atoms with Crippen molar-refractivity contribution < 1.29 is 0 Å². The molecular formula is C17H16N2S. The van der Waals surface area contributed by atoms with Crippen molar-refractivity contribution in [3.8, 4) is 21.0 Å². The van der Waals surface area contributed by atoms with Crippen LogP contribution in [0.5, 0.6) is 0 Å². The molecule has 0 saturated carbocycles. The highest BCUT2D eigenvalue weighted by molar-refractivity contribution is 7.18. The van der Waals surface area contributed by atoms with Crippen LogP contribution in [0.4, 0.5) is 0 Å². The van der Waals surface area contributed by atoms with Gasteiger partial charge in [-0.25, -0.2) is 4.98 Å². The van der Waals surface area contributed by atoms with Crippen LogP contribution in [-0.4, -0.2) is 4.98 Å². The minimum atomic E-state index is 0.0523. The lowest BCUT2D eigenvalue weighted by Gasteiger charge is -2.06. The fraction of sp³-hybridized carbons (Fsp3) is 0.118. The number of benzene rings is 2. The molecule has 20 heavy (non-hydrogen) atoms. The summed E-state index contributed by atoms with van der Waals surface area (Å²) >= 11 is 1.71. The van der Waals surface area contributed by atoms with Crippen molar-refractivity contribution in [3.63, 3.8) is 0 Å². The molecule has 100 valence electrons. The van der Waals surface area contributed by atoms with Gasteiger partial charge in [-0.2, -0.15) is 0 Å². The van der Waals surface area contributed by atoms with Crippen molar-refractivity contribution in [2.24, 2.45) is 5.73 Å². The van der Waals surface area contributed by atoms with Crippen molar-refractivity contribution in [3.05, 3.63) is 66.4 Å². The Kier molecular flexibility index (Phi) is 3.63. The van der Waals surface area contributed by atoms with E-state index < -0.39 is 0 Å². The van der Waals surface area contributed by atoms with Crippen LogP contribution in [0, 0.1) is 0 Å². The van der Waals surface area contributed by atoms with Gasteiger partial charge < -0.3 is 5.73 Å². The summed E-state index contributed by atoms with van der Waals surface area (Å²) in [6.45, 7) is 2.00. The summed E-state index contributed by atoms with van der Waals surface area (Å²) in [5, 5.41) is 1.05. The summed E-state index contributed by atoms with van der Waals surface area (Å²) in [5.41, 5.74) is 9.43. The van der Waals surface area contributed by atoms with Gasteiger partial charge >= 0.3 is 0 Å². The number of nitrogens with two attached hydrogens (primary N) is 1. The zero-order chi connectivity index (χ0) is 13.9. The SMILES string of the molecule is CC(N)c1cccc(-c2cnc(-c3ccccc3)s2)c1. The van der Waals surface area contributed by atoms with Crippen molar-refractivity contribution in [2.45, 2.75) is 13.0 Å². The lowest BCUT2D eigenvalue weighted by Crippen LogP contribution is -2.04. The number of aromatic nitrogens is 1. The van der Waals surface area contributed by atoms with Gasteiger partial charge in [0.05, 0.1) is 4.88 Å². The van der Waals surface area contributed by atoms with Crippen LogP contribution < -0.4 is 5.73 Å². The normalized spacial score (nSPS) is 12.3. The Morgan fingerprint density at radius 2 is 1.75 bits per heavy atom. The third-order valence-corrected chi connectivity index (χ3v) is 4.32. The topological polar surface area (TPSA) is 38.9 Å². The van der Waals surface area contributed by atoms with E-state index in [0.29, 0.717) is 0 Å². The zero-order valence-electron chi connectivity index (χ0n) is 11.3. The molecule has 2 nitrogen and oxygen atoms in total. The summed E-state index contributed by atoms with van der Waals surface area (Å²) in [4.78, 5) is 5.70. The van der Waals surface area contributed by atoms with Gasteiger partial charge in [0.1, 0.15) is 5.01 Å². The Morgan fingerprint density at radius 3 is 2.50 bits per heavy atom. The van der Waals surface area contributed by atoms with Crippen LogP contribution in [0.25, 0.3) is 21.0 Å². The van der Waals surface area contributed by atoms with Crippen molar-refractivity contribution >= 4 is 11.3 Å². The van der Waals surface area contributed by atoms with E-state index in [1.165, 1.54) is 10.4 Å². The number of hydrogen-bond acceptors (Lipinski definition) is 3. The molecule has 0 aliphatic rings. The third kappa shape index (κ3) is 2.64. The maximum Gasteiger partial charge on any atom is 0.123 e. The van der Waals surface area contributed by atoms with Crippen molar-refractivity contribution in [1.82, 2.24) is 4.98 Å². The summed E-state index contributed by atoms with van der Waals surface area (Å²) in [6, 6.07) is 18.7. The first-order valence-corrected chi connectivity index (χ1v) is 7.43. The average Bonchev–Trinajstić information content (AvgIpc) is 2.98. The molecule has 1 unspecified atom stereocenters. The Balaban J connectivity index is 1.96. The number of rotatable bonds is 3. The standard InChI is InChI=1S/C17H16N2S/c1-12(18)14-8-5-9-15(10-14)16-11-19-17(20-16)13-6-3-2-4-7-13/h2-12H,18H2,1H3. The largest absolute Gasteiger partial charge is 0.324 e. The molecule has 1 atom stereocenters. The van der Waals surface area contributed by atoms with Gasteiger partial charge in [0.25, 0.3) is 0 Å². The van der Waals surface area contributed by atoms with Gasteiger partial charge in [0.15, 0.2) is 0 Å². The van der Waals surface area contributed by atoms with Gasteiger partial charge in [-0.15, -0.1) is 11.3 Å². The number of nitrogens with zero attached hydrogens (tertiary/aromatic N) is 1. The van der Waals surface area contributed by atoms with Crippen LogP contribution in [0.1, 0.15) is 18.5 Å². The first-order chi connectivity index (χ1) is 9.74. The molecule has 1 heterocycles. The molecule has 3 rings (SSSR count). The Morgan fingerprint density at radius 1 is 1.00 bits per heavy atom. The van der Waals surface area contributed by atoms with E-state index in [-0.39, 0.29) is 6.04 Å². The van der Waals surface area contributed by atoms with E-state index in [1.807, 2.05) is 31.3 Å². The molecule has 0 radical (unpaired) electrons. The smallest absolute Gasteiger partial charge is 0.123 e. The van der Waals surface area contributed by atoms with E-state index >= 15 is 0 Å². The van der Waals surface area contributed by atoms with Gasteiger partial charge in [-0.05, 0) is 24.1 Å². The first-order valence-electron chi connectivity index (χ1n) is 6.61. The van der Waals surface area contributed by atoms with E-state index in [0.717, 1.165) is 16.1 Å². The minimum Gasteiger partial charge on any atom is -0.324 e. The molecule has 0 saturated heterocycles. The second kappa shape index (κ2) is 5.57. The molecule has 3 aromatic rings. The first kappa shape index (κ1) is 13.0. The third-order valence-electron chi connectivity index (χ3n) is 3.22. The zero-order valence-corrected chi connectivity index (χ0v) is 12.1. The molecule has 0 fully saturated rings. The molecule has 2 N–H and O–H groups in total. The highest BCUT2D eigenvalue weighted by atomic mass is 32.1. The van der Waals surface area contributed by atoms with E-state index in [9.17, 15) is 0 Å². The highest BCUT2D eigenvalue weighted by Gasteiger charge is 2.07. The summed E-state index contributed by atoms with van der Waals surface area (Å²) in [6.07, 6.45) is 1.94. The molecule has 0 aliphatic heterocycles. The predicted molar refractivity (Wildman–Crippen MR) is 85.6 cm³/mol. The Labute approximate surface area is 122 Å². The molecule has 0 spiro atoms. The van der Waals surface area contributed by atoms with Gasteiger partial charge in [0.2, 0.25) is 0 Å². The fourth-order valence-electron chi connectivity index (χ4n) is 2.10. The van der Waals surface area contributed by atoms with Gasteiger partial charge in [0, 0.05) is 17.8 Å². The van der Waals surface area contributed by atoms with Crippen LogP contribution in [-0.2, 0) is 0 Å². The van der Waals surface area contributed by atoms with Gasteiger partial charge in [-0.3, -0.25) is 0 Å². The van der Waals surface area contributed by atoms with E-state index in [2.05, 4.69) is 41.4 Å². The summed E-state index contributed by atoms with van der Waals surface area (Å²) < 4.78 is 0. The van der Waals surface area contributed by atoms with Crippen LogP contribution in [0.15, 0.2) is 60.8 Å². The highest BCUT2D eigenvalue weighted by Crippen LogP contribution is 2.32. The maximum atomic E-state index is 5.94. The quantitative estimate of drug-likeness (QED) is 0.767. The molecule has 1 aromatic heterocycles.